The maximum absolute atomic E-state index is 11.4. The number of benzene rings is 2. The highest BCUT2D eigenvalue weighted by Gasteiger charge is 2.15. The lowest BCUT2D eigenvalue weighted by atomic mass is 10.2. The molecule has 122 valence electrons. The molecule has 0 fully saturated rings. The molecule has 1 aromatic heterocycles. The van der Waals surface area contributed by atoms with Gasteiger partial charge in [-0.15, -0.1) is 0 Å². The minimum absolute atomic E-state index is 0.365. The van der Waals surface area contributed by atoms with Crippen molar-refractivity contribution in [2.24, 2.45) is 0 Å². The van der Waals surface area contributed by atoms with Gasteiger partial charge in [0.05, 0.1) is 23.7 Å². The second-order valence-corrected chi connectivity index (χ2v) is 5.29. The second kappa shape index (κ2) is 5.77. The SMILES string of the molecule is COC(=O)c1ccc(Nc2nc3cc4c(cc3[nH]2)OCCO4)cc1. The van der Waals surface area contributed by atoms with Crippen LogP contribution >= 0.6 is 0 Å². The van der Waals surface area contributed by atoms with E-state index in [2.05, 4.69) is 20.0 Å². The fraction of sp³-hybridized carbons (Fsp3) is 0.176. The summed E-state index contributed by atoms with van der Waals surface area (Å²) >= 11 is 0. The van der Waals surface area contributed by atoms with E-state index >= 15 is 0 Å². The van der Waals surface area contributed by atoms with E-state index in [9.17, 15) is 4.79 Å². The highest BCUT2D eigenvalue weighted by molar-refractivity contribution is 5.90. The Hall–Kier alpha value is -3.22. The number of rotatable bonds is 3. The van der Waals surface area contributed by atoms with Crippen molar-refractivity contribution >= 4 is 28.6 Å². The van der Waals surface area contributed by atoms with Crippen LogP contribution in [0.4, 0.5) is 11.6 Å². The van der Waals surface area contributed by atoms with Gasteiger partial charge in [0.25, 0.3) is 0 Å². The van der Waals surface area contributed by atoms with E-state index in [0.29, 0.717) is 36.2 Å². The van der Waals surface area contributed by atoms with Crippen LogP contribution in [0, 0.1) is 0 Å². The van der Waals surface area contributed by atoms with Crippen LogP contribution in [-0.2, 0) is 4.74 Å². The molecule has 0 amide bonds. The van der Waals surface area contributed by atoms with Gasteiger partial charge in [0.15, 0.2) is 11.5 Å². The van der Waals surface area contributed by atoms with Crippen molar-refractivity contribution in [3.8, 4) is 11.5 Å². The van der Waals surface area contributed by atoms with Gasteiger partial charge >= 0.3 is 5.97 Å². The Kier molecular flexibility index (Phi) is 3.45. The molecule has 0 saturated carbocycles. The van der Waals surface area contributed by atoms with Crippen LogP contribution in [0.25, 0.3) is 11.0 Å². The molecule has 3 aromatic rings. The summed E-state index contributed by atoms with van der Waals surface area (Å²) in [5.74, 6) is 1.65. The van der Waals surface area contributed by atoms with E-state index < -0.39 is 0 Å². The second-order valence-electron chi connectivity index (χ2n) is 5.29. The van der Waals surface area contributed by atoms with Crippen molar-refractivity contribution < 1.29 is 19.0 Å². The number of carbonyl (C=O) groups is 1. The third kappa shape index (κ3) is 2.60. The number of aromatic nitrogens is 2. The summed E-state index contributed by atoms with van der Waals surface area (Å²) in [6.07, 6.45) is 0. The number of ether oxygens (including phenoxy) is 3. The van der Waals surface area contributed by atoms with E-state index in [1.807, 2.05) is 12.1 Å². The van der Waals surface area contributed by atoms with Crippen LogP contribution < -0.4 is 14.8 Å². The maximum Gasteiger partial charge on any atom is 0.337 e. The number of methoxy groups -OCH3 is 1. The quantitative estimate of drug-likeness (QED) is 0.720. The topological polar surface area (TPSA) is 85.5 Å². The number of esters is 1. The average Bonchev–Trinajstić information content (AvgIpc) is 3.00. The number of nitrogens with one attached hydrogen (secondary N) is 2. The molecule has 2 N–H and O–H groups in total. The Morgan fingerprint density at radius 2 is 1.88 bits per heavy atom. The van der Waals surface area contributed by atoms with Gasteiger partial charge < -0.3 is 24.5 Å². The van der Waals surface area contributed by atoms with E-state index in [1.54, 1.807) is 24.3 Å². The molecule has 0 unspecified atom stereocenters. The van der Waals surface area contributed by atoms with Gasteiger partial charge in [0, 0.05) is 17.8 Å². The van der Waals surface area contributed by atoms with Crippen LogP contribution in [0.15, 0.2) is 36.4 Å². The molecule has 2 heterocycles. The summed E-state index contributed by atoms with van der Waals surface area (Å²) in [5, 5.41) is 3.17. The number of imidazole rings is 1. The first-order valence-corrected chi connectivity index (χ1v) is 7.48. The van der Waals surface area contributed by atoms with Crippen molar-refractivity contribution in [1.29, 1.82) is 0 Å². The molecule has 4 rings (SSSR count). The zero-order chi connectivity index (χ0) is 16.5. The minimum Gasteiger partial charge on any atom is -0.486 e. The third-order valence-corrected chi connectivity index (χ3v) is 3.71. The number of carbonyl (C=O) groups excluding carboxylic acids is 1. The lowest BCUT2D eigenvalue weighted by Gasteiger charge is -2.17. The fourth-order valence-electron chi connectivity index (χ4n) is 2.55. The van der Waals surface area contributed by atoms with Crippen LogP contribution in [0.5, 0.6) is 11.5 Å². The Morgan fingerprint density at radius 1 is 1.17 bits per heavy atom. The summed E-state index contributed by atoms with van der Waals surface area (Å²) in [6, 6.07) is 10.7. The molecule has 0 saturated heterocycles. The predicted molar refractivity (Wildman–Crippen MR) is 88.1 cm³/mol. The summed E-state index contributed by atoms with van der Waals surface area (Å²) in [7, 11) is 1.36. The Labute approximate surface area is 137 Å². The van der Waals surface area contributed by atoms with Gasteiger partial charge in [-0.1, -0.05) is 0 Å². The van der Waals surface area contributed by atoms with Gasteiger partial charge in [-0.25, -0.2) is 9.78 Å². The molecule has 7 heteroatoms. The highest BCUT2D eigenvalue weighted by Crippen LogP contribution is 2.34. The lowest BCUT2D eigenvalue weighted by molar-refractivity contribution is 0.0601. The van der Waals surface area contributed by atoms with Gasteiger partial charge in [-0.3, -0.25) is 0 Å². The largest absolute Gasteiger partial charge is 0.486 e. The molecular weight excluding hydrogens is 310 g/mol. The highest BCUT2D eigenvalue weighted by atomic mass is 16.6. The Balaban J connectivity index is 1.59. The third-order valence-electron chi connectivity index (χ3n) is 3.71. The maximum atomic E-state index is 11.4. The van der Waals surface area contributed by atoms with Crippen LogP contribution in [-0.4, -0.2) is 36.3 Å². The summed E-state index contributed by atoms with van der Waals surface area (Å²) in [4.78, 5) is 19.1. The number of anilines is 2. The zero-order valence-corrected chi connectivity index (χ0v) is 13.0. The van der Waals surface area contributed by atoms with Crippen LogP contribution in [0.2, 0.25) is 0 Å². The van der Waals surface area contributed by atoms with Crippen molar-refractivity contribution in [1.82, 2.24) is 9.97 Å². The standard InChI is InChI=1S/C17H15N3O4/c1-22-16(21)10-2-4-11(5-3-10)18-17-19-12-8-14-15(9-13(12)20-17)24-7-6-23-14/h2-5,8-9H,6-7H2,1H3,(H2,18,19,20). The number of fused-ring (bicyclic) bond motifs is 2. The monoisotopic (exact) mass is 325 g/mol. The number of nitrogens with zero attached hydrogens (tertiary/aromatic N) is 1. The van der Waals surface area contributed by atoms with Gasteiger partial charge in [0.1, 0.15) is 13.2 Å². The fourth-order valence-corrected chi connectivity index (χ4v) is 2.55. The van der Waals surface area contributed by atoms with E-state index in [0.717, 1.165) is 16.7 Å². The smallest absolute Gasteiger partial charge is 0.337 e. The van der Waals surface area contributed by atoms with Gasteiger partial charge in [-0.2, -0.15) is 0 Å². The molecule has 0 spiro atoms. The van der Waals surface area contributed by atoms with Gasteiger partial charge in [-0.05, 0) is 24.3 Å². The molecule has 24 heavy (non-hydrogen) atoms. The summed E-state index contributed by atoms with van der Waals surface area (Å²) < 4.78 is 15.8. The number of hydrogen-bond donors (Lipinski definition) is 2. The van der Waals surface area contributed by atoms with Crippen LogP contribution in [0.1, 0.15) is 10.4 Å². The zero-order valence-electron chi connectivity index (χ0n) is 13.0. The molecular formula is C17H15N3O4. The van der Waals surface area contributed by atoms with Crippen molar-refractivity contribution in [3.05, 3.63) is 42.0 Å². The first-order valence-electron chi connectivity index (χ1n) is 7.48. The molecule has 2 aromatic carbocycles. The number of hydrogen-bond acceptors (Lipinski definition) is 6. The first kappa shape index (κ1) is 14.4. The first-order chi connectivity index (χ1) is 11.7. The molecule has 0 bridgehead atoms. The molecule has 1 aliphatic rings. The van der Waals surface area contributed by atoms with E-state index in [-0.39, 0.29) is 5.97 Å². The van der Waals surface area contributed by atoms with Crippen molar-refractivity contribution in [2.45, 2.75) is 0 Å². The lowest BCUT2D eigenvalue weighted by Crippen LogP contribution is -2.15. The van der Waals surface area contributed by atoms with Crippen LogP contribution in [0.3, 0.4) is 0 Å². The average molecular weight is 325 g/mol. The minimum atomic E-state index is -0.365. The van der Waals surface area contributed by atoms with Crippen molar-refractivity contribution in [3.63, 3.8) is 0 Å². The summed E-state index contributed by atoms with van der Waals surface area (Å²) in [6.45, 7) is 1.09. The molecule has 0 atom stereocenters. The molecule has 7 nitrogen and oxygen atoms in total. The molecule has 1 aliphatic heterocycles. The summed E-state index contributed by atoms with van der Waals surface area (Å²) in [5.41, 5.74) is 2.94. The molecule has 0 radical (unpaired) electrons. The normalized spacial score (nSPS) is 12.9. The van der Waals surface area contributed by atoms with E-state index in [1.165, 1.54) is 7.11 Å². The van der Waals surface area contributed by atoms with Crippen molar-refractivity contribution in [2.75, 3.05) is 25.6 Å². The number of aromatic amines is 1. The molecule has 0 aliphatic carbocycles. The Bertz CT molecular complexity index is 859. The van der Waals surface area contributed by atoms with E-state index in [4.69, 9.17) is 9.47 Å². The Morgan fingerprint density at radius 3 is 2.58 bits per heavy atom. The van der Waals surface area contributed by atoms with Gasteiger partial charge in [0.2, 0.25) is 5.95 Å². The number of H-pyrrole nitrogens is 1. The predicted octanol–water partition coefficient (Wildman–Crippen LogP) is 2.86.